The van der Waals surface area contributed by atoms with Crippen molar-refractivity contribution in [3.63, 3.8) is 0 Å². The van der Waals surface area contributed by atoms with Crippen LogP contribution in [0, 0.1) is 17.8 Å². The molecule has 3 nitrogen and oxygen atoms in total. The van der Waals surface area contributed by atoms with Gasteiger partial charge in [0, 0.05) is 17.0 Å². The van der Waals surface area contributed by atoms with E-state index in [2.05, 4.69) is 25.7 Å². The van der Waals surface area contributed by atoms with Gasteiger partial charge in [-0.25, -0.2) is 0 Å². The topological polar surface area (TPSA) is 37.4 Å². The average Bonchev–Trinajstić information content (AvgIpc) is 2.84. The fourth-order valence-corrected chi connectivity index (χ4v) is 3.09. The maximum atomic E-state index is 12.8. The molecule has 1 atom stereocenters. The van der Waals surface area contributed by atoms with Gasteiger partial charge in [-0.15, -0.1) is 0 Å². The molecule has 0 saturated heterocycles. The molecule has 0 N–H and O–H groups in total. The molecule has 0 spiro atoms. The van der Waals surface area contributed by atoms with Crippen LogP contribution in [0.25, 0.3) is 0 Å². The maximum absolute atomic E-state index is 12.8. The highest BCUT2D eigenvalue weighted by atomic mass is 16.2. The molecule has 24 heavy (non-hydrogen) atoms. The van der Waals surface area contributed by atoms with Crippen molar-refractivity contribution in [3.8, 4) is 11.8 Å². The first-order valence-corrected chi connectivity index (χ1v) is 8.92. The molecule has 1 aliphatic heterocycles. The largest absolute Gasteiger partial charge is 0.269 e. The minimum Gasteiger partial charge on any atom is -0.269 e. The highest BCUT2D eigenvalue weighted by molar-refractivity contribution is 6.22. The summed E-state index contributed by atoms with van der Waals surface area (Å²) in [6.07, 6.45) is 3.66. The van der Waals surface area contributed by atoms with Crippen molar-refractivity contribution in [2.75, 3.05) is 0 Å². The van der Waals surface area contributed by atoms with Crippen LogP contribution < -0.4 is 0 Å². The maximum Gasteiger partial charge on any atom is 0.262 e. The Morgan fingerprint density at radius 2 is 1.71 bits per heavy atom. The lowest BCUT2D eigenvalue weighted by molar-refractivity contribution is 0.0435. The monoisotopic (exact) mass is 325 g/mol. The van der Waals surface area contributed by atoms with Gasteiger partial charge in [0.25, 0.3) is 11.8 Å². The summed E-state index contributed by atoms with van der Waals surface area (Å²) in [5.74, 6) is 6.33. The summed E-state index contributed by atoms with van der Waals surface area (Å²) in [5.41, 5.74) is 1.35. The lowest BCUT2D eigenvalue weighted by Gasteiger charge is -2.35. The molecule has 1 heterocycles. The van der Waals surface area contributed by atoms with Gasteiger partial charge in [-0.2, -0.15) is 0 Å². The van der Waals surface area contributed by atoms with Crippen molar-refractivity contribution >= 4 is 11.8 Å². The minimum atomic E-state index is -0.436. The van der Waals surface area contributed by atoms with Crippen LogP contribution >= 0.6 is 0 Å². The van der Waals surface area contributed by atoms with Crippen LogP contribution in [0.4, 0.5) is 0 Å². The van der Waals surface area contributed by atoms with E-state index in [0.717, 1.165) is 31.2 Å². The number of carbonyl (C=O) groups excluding carboxylic acids is 2. The van der Waals surface area contributed by atoms with Crippen LogP contribution in [-0.4, -0.2) is 22.3 Å². The number of imide groups is 1. The van der Waals surface area contributed by atoms with E-state index in [-0.39, 0.29) is 11.8 Å². The summed E-state index contributed by atoms with van der Waals surface area (Å²) in [7, 11) is 0. The van der Waals surface area contributed by atoms with Crippen molar-refractivity contribution in [3.05, 3.63) is 34.9 Å². The first-order valence-electron chi connectivity index (χ1n) is 8.92. The van der Waals surface area contributed by atoms with Crippen LogP contribution in [0.2, 0.25) is 0 Å². The smallest absolute Gasteiger partial charge is 0.262 e. The van der Waals surface area contributed by atoms with E-state index in [4.69, 9.17) is 0 Å². The van der Waals surface area contributed by atoms with Crippen LogP contribution in [0.5, 0.6) is 0 Å². The van der Waals surface area contributed by atoms with Crippen molar-refractivity contribution < 1.29 is 9.59 Å². The Bertz CT molecular complexity index is 704. The molecular weight excluding hydrogens is 298 g/mol. The van der Waals surface area contributed by atoms with Crippen molar-refractivity contribution in [1.29, 1.82) is 0 Å². The van der Waals surface area contributed by atoms with Crippen LogP contribution in [-0.2, 0) is 0 Å². The van der Waals surface area contributed by atoms with Gasteiger partial charge in [0.2, 0.25) is 0 Å². The lowest BCUT2D eigenvalue weighted by Crippen LogP contribution is -2.48. The number of hydrogen-bond donors (Lipinski definition) is 0. The van der Waals surface area contributed by atoms with Gasteiger partial charge in [0.15, 0.2) is 0 Å². The fourth-order valence-electron chi connectivity index (χ4n) is 3.09. The predicted octanol–water partition coefficient (Wildman–Crippen LogP) is 4.65. The molecule has 2 amide bonds. The molecule has 2 rings (SSSR count). The zero-order chi connectivity index (χ0) is 17.9. The second-order valence-electron chi connectivity index (χ2n) is 6.87. The third-order valence-corrected chi connectivity index (χ3v) is 5.13. The molecule has 0 bridgehead atoms. The molecule has 0 aromatic heterocycles. The highest BCUT2D eigenvalue weighted by Crippen LogP contribution is 2.33. The second-order valence-corrected chi connectivity index (χ2v) is 6.87. The summed E-state index contributed by atoms with van der Waals surface area (Å²) >= 11 is 0. The Morgan fingerprint density at radius 1 is 1.08 bits per heavy atom. The number of hydrogen-bond acceptors (Lipinski definition) is 2. The van der Waals surface area contributed by atoms with E-state index in [9.17, 15) is 9.59 Å². The van der Waals surface area contributed by atoms with Gasteiger partial charge in [0.05, 0.1) is 11.1 Å². The van der Waals surface area contributed by atoms with Gasteiger partial charge >= 0.3 is 0 Å². The zero-order valence-corrected chi connectivity index (χ0v) is 15.4. The summed E-state index contributed by atoms with van der Waals surface area (Å²) in [6, 6.07) is 5.36. The molecular formula is C21H27NO2. The van der Waals surface area contributed by atoms with Gasteiger partial charge in [-0.1, -0.05) is 46.0 Å². The number of carbonyl (C=O) groups is 2. The van der Waals surface area contributed by atoms with E-state index in [0.29, 0.717) is 17.0 Å². The Morgan fingerprint density at radius 3 is 2.29 bits per heavy atom. The van der Waals surface area contributed by atoms with Crippen LogP contribution in [0.3, 0.4) is 0 Å². The standard InChI is InChI=1S/C21H27NO2/c1-6-9-15(4)10-11-16-12-13-17-18(14-16)20(24)22(19(17)23)21(5,7-2)8-3/h12-15H,6-9H2,1-5H3. The van der Waals surface area contributed by atoms with E-state index in [1.54, 1.807) is 12.1 Å². The quantitative estimate of drug-likeness (QED) is 0.584. The van der Waals surface area contributed by atoms with Crippen molar-refractivity contribution in [1.82, 2.24) is 4.90 Å². The highest BCUT2D eigenvalue weighted by Gasteiger charge is 2.44. The molecule has 0 fully saturated rings. The van der Waals surface area contributed by atoms with Gasteiger partial charge < -0.3 is 0 Å². The number of rotatable bonds is 5. The third-order valence-electron chi connectivity index (χ3n) is 5.13. The molecule has 0 aliphatic carbocycles. The van der Waals surface area contributed by atoms with E-state index in [1.807, 2.05) is 26.8 Å². The molecule has 1 aromatic carbocycles. The second kappa shape index (κ2) is 7.21. The number of fused-ring (bicyclic) bond motifs is 1. The Kier molecular flexibility index (Phi) is 5.49. The van der Waals surface area contributed by atoms with Crippen molar-refractivity contribution in [2.45, 2.75) is 65.8 Å². The lowest BCUT2D eigenvalue weighted by atomic mass is 9.93. The third kappa shape index (κ3) is 3.24. The van der Waals surface area contributed by atoms with Gasteiger partial charge in [-0.3, -0.25) is 14.5 Å². The normalized spacial score (nSPS) is 15.1. The van der Waals surface area contributed by atoms with Gasteiger partial charge in [-0.05, 0) is 44.4 Å². The summed E-state index contributed by atoms with van der Waals surface area (Å²) in [6.45, 7) is 10.2. The summed E-state index contributed by atoms with van der Waals surface area (Å²) in [5, 5.41) is 0. The van der Waals surface area contributed by atoms with Gasteiger partial charge in [0.1, 0.15) is 0 Å². The summed E-state index contributed by atoms with van der Waals surface area (Å²) < 4.78 is 0. The first-order chi connectivity index (χ1) is 11.4. The summed E-state index contributed by atoms with van der Waals surface area (Å²) in [4.78, 5) is 27.0. The van der Waals surface area contributed by atoms with E-state index < -0.39 is 5.54 Å². The Hall–Kier alpha value is -2.08. The number of nitrogens with zero attached hydrogens (tertiary/aromatic N) is 1. The fraction of sp³-hybridized carbons (Fsp3) is 0.524. The molecule has 0 radical (unpaired) electrons. The molecule has 3 heteroatoms. The molecule has 128 valence electrons. The SMILES string of the molecule is CCCC(C)C#Cc1ccc2c(c1)C(=O)N(C(C)(CC)CC)C2=O. The van der Waals surface area contributed by atoms with Crippen LogP contribution in [0.15, 0.2) is 18.2 Å². The van der Waals surface area contributed by atoms with Crippen molar-refractivity contribution in [2.24, 2.45) is 5.92 Å². The molecule has 1 unspecified atom stereocenters. The van der Waals surface area contributed by atoms with E-state index >= 15 is 0 Å². The van der Waals surface area contributed by atoms with E-state index in [1.165, 1.54) is 4.90 Å². The molecule has 1 aliphatic rings. The minimum absolute atomic E-state index is 0.180. The average molecular weight is 325 g/mol. The first kappa shape index (κ1) is 18.3. The molecule has 1 aromatic rings. The van der Waals surface area contributed by atoms with Crippen LogP contribution in [0.1, 0.15) is 86.6 Å². The zero-order valence-electron chi connectivity index (χ0n) is 15.4. The number of benzene rings is 1. The number of amides is 2. The predicted molar refractivity (Wildman–Crippen MR) is 96.9 cm³/mol. The Balaban J connectivity index is 2.35. The molecule has 0 saturated carbocycles. The Labute approximate surface area is 145 Å².